The number of halogens is 3. The van der Waals surface area contributed by atoms with E-state index in [4.69, 9.17) is 0 Å². The maximum atomic E-state index is 13.3. The summed E-state index contributed by atoms with van der Waals surface area (Å²) >= 11 is 3.12. The van der Waals surface area contributed by atoms with Gasteiger partial charge in [0, 0.05) is 28.1 Å². The fourth-order valence-electron chi connectivity index (χ4n) is 3.89. The Morgan fingerprint density at radius 1 is 1.11 bits per heavy atom. The van der Waals surface area contributed by atoms with E-state index in [0.29, 0.717) is 21.8 Å². The van der Waals surface area contributed by atoms with Gasteiger partial charge in [0.2, 0.25) is 0 Å². The van der Waals surface area contributed by atoms with Crippen molar-refractivity contribution in [3.05, 3.63) is 76.1 Å². The summed E-state index contributed by atoms with van der Waals surface area (Å²) in [5.74, 6) is 0.995. The second-order valence-corrected chi connectivity index (χ2v) is 11.0. The third-order valence-electron chi connectivity index (χ3n) is 5.81. The van der Waals surface area contributed by atoms with Gasteiger partial charge in [-0.15, -0.1) is 11.8 Å². The molecule has 38 heavy (non-hydrogen) atoms. The van der Waals surface area contributed by atoms with Crippen LogP contribution < -0.4 is 10.6 Å². The molecule has 11 heteroatoms. The molecule has 0 radical (unpaired) electrons. The van der Waals surface area contributed by atoms with Crippen molar-refractivity contribution in [2.45, 2.75) is 51.4 Å². The number of aryl methyl sites for hydroxylation is 2. The minimum atomic E-state index is -4.50. The van der Waals surface area contributed by atoms with Crippen LogP contribution in [-0.2, 0) is 12.7 Å². The van der Waals surface area contributed by atoms with Crippen molar-refractivity contribution in [2.24, 2.45) is 0 Å². The van der Waals surface area contributed by atoms with E-state index in [-0.39, 0.29) is 24.1 Å². The summed E-state index contributed by atoms with van der Waals surface area (Å²) in [5, 5.41) is 9.55. The predicted octanol–water partition coefficient (Wildman–Crippen LogP) is 6.41. The average Bonchev–Trinajstić information content (AvgIpc) is 3.24. The van der Waals surface area contributed by atoms with E-state index in [1.165, 1.54) is 16.4 Å². The molecule has 0 saturated heterocycles. The first-order valence-corrected chi connectivity index (χ1v) is 14.4. The molecule has 204 valence electrons. The first-order valence-electron chi connectivity index (χ1n) is 12.0. The number of anilines is 1. The summed E-state index contributed by atoms with van der Waals surface area (Å²) in [6, 6.07) is 11.4. The van der Waals surface area contributed by atoms with E-state index in [9.17, 15) is 22.8 Å². The van der Waals surface area contributed by atoms with Gasteiger partial charge < -0.3 is 10.6 Å². The number of thioether (sulfide) groups is 2. The normalized spacial score (nSPS) is 12.3. The molecule has 0 aliphatic carbocycles. The van der Waals surface area contributed by atoms with Crippen molar-refractivity contribution in [2.75, 3.05) is 23.1 Å². The minimum absolute atomic E-state index is 0.0568. The van der Waals surface area contributed by atoms with Gasteiger partial charge in [0.1, 0.15) is 0 Å². The SMILES string of the molecule is CCSC[C@H](C)NC(=O)c1c(SC)cccc1C(=O)Nc1ccc(Cn2nc(C(F)(F)F)cc2C)cc1C. The third kappa shape index (κ3) is 7.35. The number of hydrogen-bond acceptors (Lipinski definition) is 5. The van der Waals surface area contributed by atoms with Crippen LogP contribution in [0.5, 0.6) is 0 Å². The number of rotatable bonds is 10. The summed E-state index contributed by atoms with van der Waals surface area (Å²) in [7, 11) is 0. The van der Waals surface area contributed by atoms with Crippen LogP contribution in [0.15, 0.2) is 47.4 Å². The zero-order valence-corrected chi connectivity index (χ0v) is 23.5. The van der Waals surface area contributed by atoms with E-state index in [1.807, 2.05) is 19.2 Å². The molecule has 0 aliphatic rings. The quantitative estimate of drug-likeness (QED) is 0.278. The molecule has 0 spiro atoms. The maximum Gasteiger partial charge on any atom is 0.435 e. The third-order valence-corrected chi connectivity index (χ3v) is 7.73. The number of nitrogens with zero attached hydrogens (tertiary/aromatic N) is 2. The van der Waals surface area contributed by atoms with Gasteiger partial charge in [0.25, 0.3) is 11.8 Å². The van der Waals surface area contributed by atoms with Crippen LogP contribution in [0.1, 0.15) is 57.1 Å². The van der Waals surface area contributed by atoms with E-state index in [1.54, 1.807) is 55.9 Å². The highest BCUT2D eigenvalue weighted by molar-refractivity contribution is 7.99. The van der Waals surface area contributed by atoms with Crippen LogP contribution in [0.3, 0.4) is 0 Å². The van der Waals surface area contributed by atoms with E-state index >= 15 is 0 Å². The molecule has 6 nitrogen and oxygen atoms in total. The molecular formula is C27H31F3N4O2S2. The molecule has 3 rings (SSSR count). The Morgan fingerprint density at radius 2 is 1.84 bits per heavy atom. The highest BCUT2D eigenvalue weighted by Crippen LogP contribution is 2.29. The van der Waals surface area contributed by atoms with Gasteiger partial charge in [0.05, 0.1) is 17.7 Å². The summed E-state index contributed by atoms with van der Waals surface area (Å²) in [4.78, 5) is 27.2. The molecule has 1 aromatic heterocycles. The van der Waals surface area contributed by atoms with E-state index in [2.05, 4.69) is 22.7 Å². The Bertz CT molecular complexity index is 1310. The van der Waals surface area contributed by atoms with Crippen molar-refractivity contribution >= 4 is 41.0 Å². The van der Waals surface area contributed by atoms with E-state index < -0.39 is 17.8 Å². The molecule has 0 unspecified atom stereocenters. The molecule has 0 bridgehead atoms. The van der Waals surface area contributed by atoms with Crippen molar-refractivity contribution in [1.82, 2.24) is 15.1 Å². The van der Waals surface area contributed by atoms with Crippen molar-refractivity contribution < 1.29 is 22.8 Å². The van der Waals surface area contributed by atoms with Gasteiger partial charge in [0.15, 0.2) is 5.69 Å². The summed E-state index contributed by atoms with van der Waals surface area (Å²) in [6.07, 6.45) is -2.65. The zero-order chi connectivity index (χ0) is 28.0. The lowest BCUT2D eigenvalue weighted by Crippen LogP contribution is -2.36. The molecule has 2 amide bonds. The lowest BCUT2D eigenvalue weighted by atomic mass is 10.0. The van der Waals surface area contributed by atoms with Gasteiger partial charge >= 0.3 is 6.18 Å². The van der Waals surface area contributed by atoms with Crippen LogP contribution >= 0.6 is 23.5 Å². The summed E-state index contributed by atoms with van der Waals surface area (Å²) in [6.45, 7) is 7.52. The smallest absolute Gasteiger partial charge is 0.349 e. The minimum Gasteiger partial charge on any atom is -0.349 e. The molecule has 0 fully saturated rings. The van der Waals surface area contributed by atoms with Crippen LogP contribution in [-0.4, -0.2) is 45.4 Å². The maximum absolute atomic E-state index is 13.3. The topological polar surface area (TPSA) is 76.0 Å². The fourth-order valence-corrected chi connectivity index (χ4v) is 5.19. The lowest BCUT2D eigenvalue weighted by Gasteiger charge is -2.18. The number of alkyl halides is 3. The number of hydrogen-bond donors (Lipinski definition) is 2. The Morgan fingerprint density at radius 3 is 2.45 bits per heavy atom. The van der Waals surface area contributed by atoms with Gasteiger partial charge in [-0.05, 0) is 68.2 Å². The number of amides is 2. The van der Waals surface area contributed by atoms with Crippen LogP contribution in [0, 0.1) is 13.8 Å². The standard InChI is InChI=1S/C27H31F3N4O2S2/c1-6-38-15-17(3)31-26(36)24-20(8-7-9-22(24)37-5)25(35)32-21-11-10-19(12-16(21)2)14-34-18(4)13-23(33-34)27(28,29)30/h7-13,17H,6,14-15H2,1-5H3,(H,31,36)(H,32,35)/t17-/m0/s1. The molecule has 1 heterocycles. The zero-order valence-electron chi connectivity index (χ0n) is 21.9. The Balaban J connectivity index is 1.80. The van der Waals surface area contributed by atoms with Crippen molar-refractivity contribution in [3.8, 4) is 0 Å². The number of benzene rings is 2. The average molecular weight is 565 g/mol. The van der Waals surface area contributed by atoms with Gasteiger partial charge in [-0.2, -0.15) is 30.0 Å². The fraction of sp³-hybridized carbons (Fsp3) is 0.370. The van der Waals surface area contributed by atoms with Crippen LogP contribution in [0.4, 0.5) is 18.9 Å². The monoisotopic (exact) mass is 564 g/mol. The molecule has 2 N–H and O–H groups in total. The molecular weight excluding hydrogens is 533 g/mol. The molecule has 0 aliphatic heterocycles. The lowest BCUT2D eigenvalue weighted by molar-refractivity contribution is -0.141. The molecule has 2 aromatic carbocycles. The number of nitrogens with one attached hydrogen (secondary N) is 2. The Labute approximate surface area is 229 Å². The molecule has 0 saturated carbocycles. The number of carbonyl (C=O) groups is 2. The van der Waals surface area contributed by atoms with Crippen molar-refractivity contribution in [3.63, 3.8) is 0 Å². The first kappa shape index (κ1) is 29.6. The van der Waals surface area contributed by atoms with Crippen LogP contribution in [0.2, 0.25) is 0 Å². The molecule has 3 aromatic rings. The van der Waals surface area contributed by atoms with Gasteiger partial charge in [-0.3, -0.25) is 14.3 Å². The Kier molecular flexibility index (Phi) is 9.94. The second kappa shape index (κ2) is 12.8. The first-order chi connectivity index (χ1) is 17.9. The summed E-state index contributed by atoms with van der Waals surface area (Å²) < 4.78 is 40.3. The highest BCUT2D eigenvalue weighted by Gasteiger charge is 2.34. The largest absolute Gasteiger partial charge is 0.435 e. The summed E-state index contributed by atoms with van der Waals surface area (Å²) in [5.41, 5.74) is 2.07. The Hall–Kier alpha value is -2.92. The van der Waals surface area contributed by atoms with Gasteiger partial charge in [-0.1, -0.05) is 25.1 Å². The van der Waals surface area contributed by atoms with Crippen molar-refractivity contribution in [1.29, 1.82) is 0 Å². The predicted molar refractivity (Wildman–Crippen MR) is 148 cm³/mol. The second-order valence-electron chi connectivity index (χ2n) is 8.85. The van der Waals surface area contributed by atoms with Gasteiger partial charge in [-0.25, -0.2) is 0 Å². The molecule has 1 atom stereocenters. The van der Waals surface area contributed by atoms with Crippen LogP contribution in [0.25, 0.3) is 0 Å². The number of aromatic nitrogens is 2. The highest BCUT2D eigenvalue weighted by atomic mass is 32.2. The van der Waals surface area contributed by atoms with E-state index in [0.717, 1.165) is 28.7 Å². The number of carbonyl (C=O) groups excluding carboxylic acids is 2.